The van der Waals surface area contributed by atoms with E-state index in [-0.39, 0.29) is 5.91 Å². The van der Waals surface area contributed by atoms with E-state index in [0.29, 0.717) is 12.1 Å². The molecule has 100 valence electrons. The fourth-order valence-corrected chi connectivity index (χ4v) is 2.71. The van der Waals surface area contributed by atoms with Crippen LogP contribution in [0.3, 0.4) is 0 Å². The molecule has 1 aliphatic rings. The Morgan fingerprint density at radius 2 is 2.28 bits per heavy atom. The van der Waals surface area contributed by atoms with E-state index in [1.54, 1.807) is 0 Å². The fourth-order valence-electron chi connectivity index (χ4n) is 2.27. The molecule has 1 aromatic heterocycles. The van der Waals surface area contributed by atoms with Crippen LogP contribution < -0.4 is 5.32 Å². The van der Waals surface area contributed by atoms with Crippen LogP contribution in [-0.2, 0) is 0 Å². The van der Waals surface area contributed by atoms with Gasteiger partial charge in [0.25, 0.3) is 5.91 Å². The number of nitrogens with zero attached hydrogens (tertiary/aromatic N) is 1. The van der Waals surface area contributed by atoms with E-state index in [4.69, 9.17) is 0 Å². The highest BCUT2D eigenvalue weighted by Crippen LogP contribution is 2.37. The number of nitrogens with one attached hydrogen (secondary N) is 1. The molecule has 0 radical (unpaired) electrons. The van der Waals surface area contributed by atoms with E-state index < -0.39 is 0 Å². The van der Waals surface area contributed by atoms with Crippen molar-refractivity contribution < 1.29 is 4.79 Å². The molecule has 18 heavy (non-hydrogen) atoms. The lowest BCUT2D eigenvalue weighted by Gasteiger charge is -2.16. The molecule has 0 aliphatic heterocycles. The minimum Gasteiger partial charge on any atom is -0.348 e. The maximum atomic E-state index is 12.3. The van der Waals surface area contributed by atoms with Crippen LogP contribution in [0.1, 0.15) is 62.5 Å². The highest BCUT2D eigenvalue weighted by Gasteiger charge is 2.28. The molecule has 1 amide bonds. The van der Waals surface area contributed by atoms with Crippen molar-refractivity contribution in [2.24, 2.45) is 0 Å². The van der Waals surface area contributed by atoms with Gasteiger partial charge in [-0.25, -0.2) is 0 Å². The summed E-state index contributed by atoms with van der Waals surface area (Å²) in [4.78, 5) is 12.3. The molecule has 4 heteroatoms. The van der Waals surface area contributed by atoms with Crippen molar-refractivity contribution in [2.75, 3.05) is 0 Å². The SMILES string of the molecule is CCCC(CC)NC(=O)c1cc(Br)cn1C1CC1. The Morgan fingerprint density at radius 3 is 2.83 bits per heavy atom. The Hall–Kier alpha value is -0.770. The maximum Gasteiger partial charge on any atom is 0.268 e. The normalized spacial score (nSPS) is 16.6. The van der Waals surface area contributed by atoms with Crippen LogP contribution in [0.15, 0.2) is 16.7 Å². The third kappa shape index (κ3) is 3.16. The predicted molar refractivity (Wildman–Crippen MR) is 76.9 cm³/mol. The largest absolute Gasteiger partial charge is 0.348 e. The first-order valence-corrected chi connectivity index (χ1v) is 7.63. The predicted octanol–water partition coefficient (Wildman–Crippen LogP) is 3.89. The summed E-state index contributed by atoms with van der Waals surface area (Å²) in [6.45, 7) is 4.27. The van der Waals surface area contributed by atoms with Gasteiger partial charge in [0.2, 0.25) is 0 Å². The van der Waals surface area contributed by atoms with Crippen LogP contribution in [0, 0.1) is 0 Å². The number of carbonyl (C=O) groups excluding carboxylic acids is 1. The highest BCUT2D eigenvalue weighted by molar-refractivity contribution is 9.10. The Balaban J connectivity index is 2.08. The minimum absolute atomic E-state index is 0.0629. The van der Waals surface area contributed by atoms with Crippen LogP contribution in [0.4, 0.5) is 0 Å². The van der Waals surface area contributed by atoms with Gasteiger partial charge in [-0.1, -0.05) is 20.3 Å². The Morgan fingerprint density at radius 1 is 1.56 bits per heavy atom. The van der Waals surface area contributed by atoms with Crippen molar-refractivity contribution in [3.05, 3.63) is 22.4 Å². The van der Waals surface area contributed by atoms with E-state index in [9.17, 15) is 4.79 Å². The molecular formula is C14H21BrN2O. The second kappa shape index (κ2) is 5.91. The summed E-state index contributed by atoms with van der Waals surface area (Å²) in [6.07, 6.45) is 7.54. The summed E-state index contributed by atoms with van der Waals surface area (Å²) in [7, 11) is 0. The summed E-state index contributed by atoms with van der Waals surface area (Å²) in [5.74, 6) is 0.0629. The number of amides is 1. The van der Waals surface area contributed by atoms with Crippen molar-refractivity contribution in [2.45, 2.75) is 58.0 Å². The lowest BCUT2D eigenvalue weighted by Crippen LogP contribution is -2.35. The molecular weight excluding hydrogens is 292 g/mol. The average Bonchev–Trinajstić information content (AvgIpc) is 3.11. The van der Waals surface area contributed by atoms with E-state index in [0.717, 1.165) is 29.4 Å². The monoisotopic (exact) mass is 312 g/mol. The molecule has 1 aliphatic carbocycles. The summed E-state index contributed by atoms with van der Waals surface area (Å²) < 4.78 is 3.10. The first kappa shape index (κ1) is 13.7. The van der Waals surface area contributed by atoms with Crippen LogP contribution >= 0.6 is 15.9 Å². The molecule has 1 heterocycles. The van der Waals surface area contributed by atoms with E-state index in [1.165, 1.54) is 12.8 Å². The molecule has 3 nitrogen and oxygen atoms in total. The first-order chi connectivity index (χ1) is 8.65. The minimum atomic E-state index is 0.0629. The van der Waals surface area contributed by atoms with Gasteiger partial charge in [-0.3, -0.25) is 4.79 Å². The molecule has 1 N–H and O–H groups in total. The number of halogens is 1. The zero-order chi connectivity index (χ0) is 13.1. The van der Waals surface area contributed by atoms with Crippen molar-refractivity contribution in [1.29, 1.82) is 0 Å². The van der Waals surface area contributed by atoms with Crippen LogP contribution in [0.25, 0.3) is 0 Å². The highest BCUT2D eigenvalue weighted by atomic mass is 79.9. The average molecular weight is 313 g/mol. The van der Waals surface area contributed by atoms with Crippen molar-refractivity contribution >= 4 is 21.8 Å². The van der Waals surface area contributed by atoms with Crippen molar-refractivity contribution in [3.8, 4) is 0 Å². The van der Waals surface area contributed by atoms with Gasteiger partial charge in [-0.05, 0) is 47.7 Å². The van der Waals surface area contributed by atoms with Crippen molar-refractivity contribution in [3.63, 3.8) is 0 Å². The number of rotatable bonds is 6. The molecule has 0 bridgehead atoms. The second-order valence-corrected chi connectivity index (χ2v) is 5.96. The Labute approximate surface area is 117 Å². The molecule has 0 saturated heterocycles. The van der Waals surface area contributed by atoms with Gasteiger partial charge in [0, 0.05) is 22.8 Å². The zero-order valence-electron chi connectivity index (χ0n) is 11.1. The number of hydrogen-bond acceptors (Lipinski definition) is 1. The smallest absolute Gasteiger partial charge is 0.268 e. The van der Waals surface area contributed by atoms with E-state index in [1.807, 2.05) is 12.3 Å². The van der Waals surface area contributed by atoms with Crippen LogP contribution in [0.2, 0.25) is 0 Å². The van der Waals surface area contributed by atoms with Crippen LogP contribution in [-0.4, -0.2) is 16.5 Å². The quantitative estimate of drug-likeness (QED) is 0.849. The summed E-state index contributed by atoms with van der Waals surface area (Å²) in [5.41, 5.74) is 0.791. The zero-order valence-corrected chi connectivity index (χ0v) is 12.7. The Bertz CT molecular complexity index is 423. The van der Waals surface area contributed by atoms with Gasteiger partial charge >= 0.3 is 0 Å². The summed E-state index contributed by atoms with van der Waals surface area (Å²) in [6, 6.07) is 2.75. The summed E-state index contributed by atoms with van der Waals surface area (Å²) in [5, 5.41) is 3.14. The molecule has 1 unspecified atom stereocenters. The molecule has 1 aromatic rings. The van der Waals surface area contributed by atoms with E-state index >= 15 is 0 Å². The number of hydrogen-bond donors (Lipinski definition) is 1. The third-order valence-electron chi connectivity index (χ3n) is 3.45. The van der Waals surface area contributed by atoms with Gasteiger partial charge in [0.05, 0.1) is 0 Å². The Kier molecular flexibility index (Phi) is 4.49. The first-order valence-electron chi connectivity index (χ1n) is 6.84. The molecule has 0 spiro atoms. The topological polar surface area (TPSA) is 34.0 Å². The number of carbonyl (C=O) groups is 1. The standard InChI is InChI=1S/C14H21BrN2O/c1-3-5-11(4-2)16-14(18)13-8-10(15)9-17(13)12-6-7-12/h8-9,11-12H,3-7H2,1-2H3,(H,16,18). The van der Waals surface area contributed by atoms with Gasteiger partial charge in [0.15, 0.2) is 0 Å². The molecule has 1 atom stereocenters. The van der Waals surface area contributed by atoms with E-state index in [2.05, 4.69) is 39.7 Å². The van der Waals surface area contributed by atoms with Gasteiger partial charge in [-0.2, -0.15) is 0 Å². The molecule has 1 saturated carbocycles. The molecule has 0 aromatic carbocycles. The van der Waals surface area contributed by atoms with Crippen molar-refractivity contribution in [1.82, 2.24) is 9.88 Å². The van der Waals surface area contributed by atoms with Crippen LogP contribution in [0.5, 0.6) is 0 Å². The lowest BCUT2D eigenvalue weighted by atomic mass is 10.1. The van der Waals surface area contributed by atoms with Gasteiger partial charge in [-0.15, -0.1) is 0 Å². The number of aromatic nitrogens is 1. The lowest BCUT2D eigenvalue weighted by molar-refractivity contribution is 0.0924. The maximum absolute atomic E-state index is 12.3. The molecule has 1 fully saturated rings. The third-order valence-corrected chi connectivity index (χ3v) is 3.89. The molecule has 2 rings (SSSR count). The summed E-state index contributed by atoms with van der Waals surface area (Å²) >= 11 is 3.46. The second-order valence-electron chi connectivity index (χ2n) is 5.05. The van der Waals surface area contributed by atoms with Gasteiger partial charge < -0.3 is 9.88 Å². The van der Waals surface area contributed by atoms with Gasteiger partial charge in [0.1, 0.15) is 5.69 Å². The fraction of sp³-hybridized carbons (Fsp3) is 0.643.